The molecule has 1 heterocycles. The van der Waals surface area contributed by atoms with E-state index < -0.39 is 0 Å². The highest BCUT2D eigenvalue weighted by Gasteiger charge is 2.25. The number of carbonyl (C=O) groups excluding carboxylic acids is 1. The maximum absolute atomic E-state index is 12.6. The van der Waals surface area contributed by atoms with Gasteiger partial charge in [0.1, 0.15) is 5.75 Å². The lowest BCUT2D eigenvalue weighted by molar-refractivity contribution is -0.126. The number of rotatable bonds is 7. The zero-order chi connectivity index (χ0) is 20.1. The number of hydrogen-bond donors (Lipinski definition) is 2. The Labute approximate surface area is 166 Å². The second-order valence-electron chi connectivity index (χ2n) is 7.08. The van der Waals surface area contributed by atoms with E-state index in [0.717, 1.165) is 30.5 Å². The van der Waals surface area contributed by atoms with Crippen LogP contribution in [0.15, 0.2) is 36.4 Å². The number of nitrogens with one attached hydrogen (secondary N) is 1. The molecule has 1 unspecified atom stereocenters. The SMILES string of the molecule is COc1ccc(CCNC(=O)C(C)N2CCc3ccc(O)cc3C2)cc1OC. The quantitative estimate of drug-likeness (QED) is 0.768. The second-order valence-corrected chi connectivity index (χ2v) is 7.08. The van der Waals surface area contributed by atoms with Crippen LogP contribution in [-0.4, -0.2) is 49.3 Å². The summed E-state index contributed by atoms with van der Waals surface area (Å²) in [6.07, 6.45) is 1.61. The molecule has 1 atom stereocenters. The van der Waals surface area contributed by atoms with Gasteiger partial charge in [0.2, 0.25) is 5.91 Å². The molecule has 2 aromatic rings. The van der Waals surface area contributed by atoms with E-state index >= 15 is 0 Å². The molecule has 2 N–H and O–H groups in total. The summed E-state index contributed by atoms with van der Waals surface area (Å²) >= 11 is 0. The van der Waals surface area contributed by atoms with Crippen LogP contribution in [0.3, 0.4) is 0 Å². The molecule has 1 amide bonds. The Hall–Kier alpha value is -2.73. The number of carbonyl (C=O) groups is 1. The Bertz CT molecular complexity index is 837. The van der Waals surface area contributed by atoms with Crippen LogP contribution in [0, 0.1) is 0 Å². The molecule has 0 bridgehead atoms. The van der Waals surface area contributed by atoms with E-state index in [0.29, 0.717) is 24.6 Å². The van der Waals surface area contributed by atoms with Crippen molar-refractivity contribution in [3.05, 3.63) is 53.1 Å². The molecular weight excluding hydrogens is 356 g/mol. The Balaban J connectivity index is 1.52. The summed E-state index contributed by atoms with van der Waals surface area (Å²) in [4.78, 5) is 14.7. The summed E-state index contributed by atoms with van der Waals surface area (Å²) in [5.74, 6) is 1.67. The molecular formula is C22H28N2O4. The van der Waals surface area contributed by atoms with E-state index in [1.807, 2.05) is 31.2 Å². The Morgan fingerprint density at radius 2 is 1.93 bits per heavy atom. The van der Waals surface area contributed by atoms with E-state index in [1.54, 1.807) is 26.4 Å². The molecule has 28 heavy (non-hydrogen) atoms. The van der Waals surface area contributed by atoms with E-state index in [2.05, 4.69) is 10.2 Å². The molecule has 0 saturated heterocycles. The Morgan fingerprint density at radius 1 is 1.14 bits per heavy atom. The fourth-order valence-corrected chi connectivity index (χ4v) is 3.58. The molecule has 0 fully saturated rings. The topological polar surface area (TPSA) is 71.0 Å². The van der Waals surface area contributed by atoms with Gasteiger partial charge in [-0.3, -0.25) is 9.69 Å². The lowest BCUT2D eigenvalue weighted by atomic mass is 9.98. The van der Waals surface area contributed by atoms with Crippen molar-refractivity contribution < 1.29 is 19.4 Å². The van der Waals surface area contributed by atoms with Crippen LogP contribution in [0.4, 0.5) is 0 Å². The molecule has 3 rings (SSSR count). The predicted molar refractivity (Wildman–Crippen MR) is 108 cm³/mol. The highest BCUT2D eigenvalue weighted by molar-refractivity contribution is 5.81. The van der Waals surface area contributed by atoms with Crippen molar-refractivity contribution in [3.63, 3.8) is 0 Å². The van der Waals surface area contributed by atoms with Gasteiger partial charge in [-0.25, -0.2) is 0 Å². The van der Waals surface area contributed by atoms with E-state index in [4.69, 9.17) is 9.47 Å². The van der Waals surface area contributed by atoms with Crippen LogP contribution >= 0.6 is 0 Å². The molecule has 1 aliphatic heterocycles. The zero-order valence-electron chi connectivity index (χ0n) is 16.7. The molecule has 0 aromatic heterocycles. The van der Waals surface area contributed by atoms with Gasteiger partial charge in [-0.05, 0) is 60.7 Å². The van der Waals surface area contributed by atoms with Crippen molar-refractivity contribution in [2.45, 2.75) is 32.4 Å². The van der Waals surface area contributed by atoms with Gasteiger partial charge < -0.3 is 19.9 Å². The first-order valence-corrected chi connectivity index (χ1v) is 9.55. The Kier molecular flexibility index (Phi) is 6.41. The van der Waals surface area contributed by atoms with Crippen molar-refractivity contribution in [2.24, 2.45) is 0 Å². The second kappa shape index (κ2) is 8.97. The standard InChI is InChI=1S/C22H28N2O4/c1-15(24-11-9-17-5-6-19(25)13-18(17)14-24)22(26)23-10-8-16-4-7-20(27-2)21(12-16)28-3/h4-7,12-13,15,25H,8-11,14H2,1-3H3,(H,23,26). The third-order valence-corrected chi connectivity index (χ3v) is 5.32. The van der Waals surface area contributed by atoms with Gasteiger partial charge in [-0.2, -0.15) is 0 Å². The van der Waals surface area contributed by atoms with Crippen LogP contribution in [0.1, 0.15) is 23.6 Å². The summed E-state index contributed by atoms with van der Waals surface area (Å²) in [7, 11) is 3.22. The first-order valence-electron chi connectivity index (χ1n) is 9.55. The summed E-state index contributed by atoms with van der Waals surface area (Å²) in [5.41, 5.74) is 3.42. The number of fused-ring (bicyclic) bond motifs is 1. The van der Waals surface area contributed by atoms with Gasteiger partial charge >= 0.3 is 0 Å². The number of benzene rings is 2. The minimum absolute atomic E-state index is 0.0177. The summed E-state index contributed by atoms with van der Waals surface area (Å²) in [6, 6.07) is 11.0. The third-order valence-electron chi connectivity index (χ3n) is 5.32. The van der Waals surface area contributed by atoms with Crippen molar-refractivity contribution in [3.8, 4) is 17.2 Å². The van der Waals surface area contributed by atoms with Crippen molar-refractivity contribution in [2.75, 3.05) is 27.3 Å². The molecule has 0 aliphatic carbocycles. The number of amides is 1. The minimum Gasteiger partial charge on any atom is -0.508 e. The predicted octanol–water partition coefficient (Wildman–Crippen LogP) is 2.51. The molecule has 6 heteroatoms. The van der Waals surface area contributed by atoms with E-state index in [9.17, 15) is 9.90 Å². The number of ether oxygens (including phenoxy) is 2. The van der Waals surface area contributed by atoms with Gasteiger partial charge in [0, 0.05) is 19.6 Å². The molecule has 6 nitrogen and oxygen atoms in total. The van der Waals surface area contributed by atoms with Crippen molar-refractivity contribution in [1.29, 1.82) is 0 Å². The highest BCUT2D eigenvalue weighted by Crippen LogP contribution is 2.27. The van der Waals surface area contributed by atoms with Crippen molar-refractivity contribution >= 4 is 5.91 Å². The molecule has 150 valence electrons. The van der Waals surface area contributed by atoms with E-state index in [1.165, 1.54) is 5.56 Å². The number of phenolic OH excluding ortho intramolecular Hbond substituents is 1. The smallest absolute Gasteiger partial charge is 0.237 e. The van der Waals surface area contributed by atoms with Gasteiger partial charge in [-0.15, -0.1) is 0 Å². The molecule has 0 radical (unpaired) electrons. The molecule has 0 spiro atoms. The van der Waals surface area contributed by atoms with Gasteiger partial charge in [0.15, 0.2) is 11.5 Å². The van der Waals surface area contributed by atoms with Crippen molar-refractivity contribution in [1.82, 2.24) is 10.2 Å². The fourth-order valence-electron chi connectivity index (χ4n) is 3.58. The molecule has 0 saturated carbocycles. The lowest BCUT2D eigenvalue weighted by Gasteiger charge is -2.33. The van der Waals surface area contributed by atoms with E-state index in [-0.39, 0.29) is 17.7 Å². The van der Waals surface area contributed by atoms with Crippen LogP contribution in [0.2, 0.25) is 0 Å². The van der Waals surface area contributed by atoms with Gasteiger partial charge in [0.25, 0.3) is 0 Å². The third kappa shape index (κ3) is 4.57. The average molecular weight is 384 g/mol. The molecule has 2 aromatic carbocycles. The number of methoxy groups -OCH3 is 2. The van der Waals surface area contributed by atoms with Gasteiger partial charge in [-0.1, -0.05) is 12.1 Å². The summed E-state index contributed by atoms with van der Waals surface area (Å²) in [5, 5.41) is 12.7. The van der Waals surface area contributed by atoms with Crippen LogP contribution < -0.4 is 14.8 Å². The maximum Gasteiger partial charge on any atom is 0.237 e. The number of aromatic hydroxyl groups is 1. The van der Waals surface area contributed by atoms with Crippen LogP contribution in [0.25, 0.3) is 0 Å². The monoisotopic (exact) mass is 384 g/mol. The summed E-state index contributed by atoms with van der Waals surface area (Å²) < 4.78 is 10.6. The molecule has 1 aliphatic rings. The largest absolute Gasteiger partial charge is 0.508 e. The number of hydrogen-bond acceptors (Lipinski definition) is 5. The minimum atomic E-state index is -0.221. The fraction of sp³-hybridized carbons (Fsp3) is 0.409. The maximum atomic E-state index is 12.6. The van der Waals surface area contributed by atoms with Crippen LogP contribution in [0.5, 0.6) is 17.2 Å². The van der Waals surface area contributed by atoms with Gasteiger partial charge in [0.05, 0.1) is 20.3 Å². The first-order chi connectivity index (χ1) is 13.5. The Morgan fingerprint density at radius 3 is 2.68 bits per heavy atom. The highest BCUT2D eigenvalue weighted by atomic mass is 16.5. The average Bonchev–Trinajstić information content (AvgIpc) is 2.72. The van der Waals surface area contributed by atoms with Crippen LogP contribution in [-0.2, 0) is 24.2 Å². The summed E-state index contributed by atoms with van der Waals surface area (Å²) in [6.45, 7) is 4.00. The number of phenols is 1. The normalized spacial score (nSPS) is 14.8. The zero-order valence-corrected chi connectivity index (χ0v) is 16.7. The lowest BCUT2D eigenvalue weighted by Crippen LogP contribution is -2.47. The number of nitrogens with zero attached hydrogens (tertiary/aromatic N) is 1. The first kappa shape index (κ1) is 20.0.